The molecule has 0 aliphatic carbocycles. The third kappa shape index (κ3) is 2.59. The molecule has 2 N–H and O–H groups in total. The minimum absolute atomic E-state index is 0. The molecular formula is C20H21NO5. The second-order valence-corrected chi connectivity index (χ2v) is 6.09. The predicted molar refractivity (Wildman–Crippen MR) is 96.5 cm³/mol. The molecule has 1 aliphatic rings. The van der Waals surface area contributed by atoms with Crippen LogP contribution in [0, 0.1) is 0 Å². The number of nitrogens with zero attached hydrogens (tertiary/aromatic N) is 1. The molecule has 0 amide bonds. The fraction of sp³-hybridized carbons (Fsp3) is 0.250. The molecule has 0 radical (unpaired) electrons. The monoisotopic (exact) mass is 355 g/mol. The van der Waals surface area contributed by atoms with Gasteiger partial charge in [-0.1, -0.05) is 0 Å². The zero-order valence-corrected chi connectivity index (χ0v) is 14.9. The van der Waals surface area contributed by atoms with E-state index in [0.29, 0.717) is 11.5 Å². The summed E-state index contributed by atoms with van der Waals surface area (Å²) in [6, 6.07) is 9.77. The highest BCUT2D eigenvalue weighted by Crippen LogP contribution is 2.39. The van der Waals surface area contributed by atoms with Crippen molar-refractivity contribution in [1.82, 2.24) is 0 Å². The van der Waals surface area contributed by atoms with Crippen molar-refractivity contribution in [2.75, 3.05) is 21.3 Å². The Bertz CT molecular complexity index is 984. The molecule has 0 atom stereocenters. The van der Waals surface area contributed by atoms with E-state index in [1.165, 1.54) is 5.56 Å². The van der Waals surface area contributed by atoms with Crippen molar-refractivity contribution in [3.8, 4) is 34.3 Å². The summed E-state index contributed by atoms with van der Waals surface area (Å²) in [5, 5.41) is 12.3. The van der Waals surface area contributed by atoms with Crippen LogP contribution < -0.4 is 18.8 Å². The van der Waals surface area contributed by atoms with Crippen LogP contribution in [0.2, 0.25) is 0 Å². The van der Waals surface area contributed by atoms with Crippen LogP contribution in [0.15, 0.2) is 36.5 Å². The number of methoxy groups -OCH3 is 3. The fourth-order valence-corrected chi connectivity index (χ4v) is 3.56. The quantitative estimate of drug-likeness (QED) is 0.731. The zero-order valence-electron chi connectivity index (χ0n) is 14.9. The number of pyridine rings is 1. The number of aromatic hydroxyl groups is 1. The summed E-state index contributed by atoms with van der Waals surface area (Å²) in [4.78, 5) is 0. The van der Waals surface area contributed by atoms with Crippen LogP contribution in [-0.2, 0) is 13.0 Å². The van der Waals surface area contributed by atoms with Crippen molar-refractivity contribution in [2.24, 2.45) is 0 Å². The van der Waals surface area contributed by atoms with Gasteiger partial charge in [0.2, 0.25) is 5.69 Å². The first-order chi connectivity index (χ1) is 12.2. The molecule has 0 spiro atoms. The number of hydrogen-bond donors (Lipinski definition) is 1. The molecule has 1 aliphatic heterocycles. The molecule has 0 saturated carbocycles. The summed E-state index contributed by atoms with van der Waals surface area (Å²) in [5.74, 6) is 2.12. The van der Waals surface area contributed by atoms with Gasteiger partial charge in [0.15, 0.2) is 35.7 Å². The molecule has 1 aromatic heterocycles. The van der Waals surface area contributed by atoms with Gasteiger partial charge in [-0.25, -0.2) is 0 Å². The summed E-state index contributed by atoms with van der Waals surface area (Å²) < 4.78 is 18.4. The Morgan fingerprint density at radius 3 is 2.42 bits per heavy atom. The second-order valence-electron chi connectivity index (χ2n) is 6.09. The Morgan fingerprint density at radius 1 is 0.962 bits per heavy atom. The molecule has 0 bridgehead atoms. The van der Waals surface area contributed by atoms with E-state index in [-0.39, 0.29) is 11.2 Å². The maximum Gasteiger partial charge on any atom is 0.213 e. The predicted octanol–water partition coefficient (Wildman–Crippen LogP) is 2.91. The van der Waals surface area contributed by atoms with Crippen LogP contribution in [0.25, 0.3) is 22.0 Å². The van der Waals surface area contributed by atoms with Crippen molar-refractivity contribution in [3.63, 3.8) is 0 Å². The average Bonchev–Trinajstić information content (AvgIpc) is 2.65. The number of hydrogen-bond acceptors (Lipinski definition) is 5. The smallest absolute Gasteiger partial charge is 0.213 e. The van der Waals surface area contributed by atoms with Gasteiger partial charge in [0.1, 0.15) is 0 Å². The summed E-state index contributed by atoms with van der Waals surface area (Å²) in [6.07, 6.45) is 2.97. The number of aryl methyl sites for hydroxylation is 2. The van der Waals surface area contributed by atoms with Crippen molar-refractivity contribution in [3.05, 3.63) is 42.1 Å². The van der Waals surface area contributed by atoms with Gasteiger partial charge in [-0.15, -0.1) is 0 Å². The zero-order chi connectivity index (χ0) is 17.6. The number of aromatic nitrogens is 1. The highest BCUT2D eigenvalue weighted by atomic mass is 16.5. The van der Waals surface area contributed by atoms with Gasteiger partial charge < -0.3 is 24.8 Å². The van der Waals surface area contributed by atoms with E-state index in [1.54, 1.807) is 27.4 Å². The van der Waals surface area contributed by atoms with Crippen molar-refractivity contribution < 1.29 is 29.4 Å². The molecule has 2 aromatic carbocycles. The fourth-order valence-electron chi connectivity index (χ4n) is 3.56. The van der Waals surface area contributed by atoms with Crippen molar-refractivity contribution in [2.45, 2.75) is 13.0 Å². The van der Waals surface area contributed by atoms with E-state index in [0.717, 1.165) is 40.7 Å². The Labute approximate surface area is 151 Å². The number of phenols is 1. The standard InChI is InChI=1S/C20H19NO4.H2O/c1-23-18-5-4-12-8-16-14-10-17(22)19(24-2)9-13(14)6-7-21(16)11-15(12)20(18)25-3;/h4-5,8-11H,6-7H2,1-3H3;1H2. The summed E-state index contributed by atoms with van der Waals surface area (Å²) in [5.41, 5.74) is 3.27. The lowest BCUT2D eigenvalue weighted by Crippen LogP contribution is -2.40. The summed E-state index contributed by atoms with van der Waals surface area (Å²) in [7, 11) is 4.86. The normalized spacial score (nSPS) is 12.0. The lowest BCUT2D eigenvalue weighted by atomic mass is 9.95. The minimum atomic E-state index is 0. The third-order valence-electron chi connectivity index (χ3n) is 4.81. The van der Waals surface area contributed by atoms with E-state index in [1.807, 2.05) is 18.2 Å². The van der Waals surface area contributed by atoms with Gasteiger partial charge in [-0.05, 0) is 35.2 Å². The Morgan fingerprint density at radius 2 is 1.73 bits per heavy atom. The molecule has 26 heavy (non-hydrogen) atoms. The third-order valence-corrected chi connectivity index (χ3v) is 4.81. The molecule has 3 aromatic rings. The highest BCUT2D eigenvalue weighted by Gasteiger charge is 2.26. The van der Waals surface area contributed by atoms with E-state index in [2.05, 4.69) is 16.8 Å². The lowest BCUT2D eigenvalue weighted by molar-refractivity contribution is -0.686. The van der Waals surface area contributed by atoms with Crippen LogP contribution in [0.5, 0.6) is 23.0 Å². The van der Waals surface area contributed by atoms with E-state index in [4.69, 9.17) is 14.2 Å². The molecule has 0 fully saturated rings. The van der Waals surface area contributed by atoms with Crippen LogP contribution in [0.4, 0.5) is 0 Å². The Kier molecular flexibility index (Phi) is 4.61. The van der Waals surface area contributed by atoms with Crippen LogP contribution in [0.1, 0.15) is 5.56 Å². The number of phenolic OH excluding ortho intramolecular Hbond substituents is 1. The van der Waals surface area contributed by atoms with E-state index < -0.39 is 0 Å². The first-order valence-corrected chi connectivity index (χ1v) is 8.14. The molecule has 6 heteroatoms. The number of fused-ring (bicyclic) bond motifs is 4. The summed E-state index contributed by atoms with van der Waals surface area (Å²) >= 11 is 0. The average molecular weight is 355 g/mol. The number of rotatable bonds is 3. The van der Waals surface area contributed by atoms with Gasteiger partial charge in [-0.2, -0.15) is 4.57 Å². The molecule has 0 unspecified atom stereocenters. The number of ether oxygens (including phenoxy) is 3. The largest absolute Gasteiger partial charge is 0.870 e. The van der Waals surface area contributed by atoms with Crippen LogP contribution in [0.3, 0.4) is 0 Å². The molecule has 4 rings (SSSR count). The molecule has 0 saturated heterocycles. The SMILES string of the molecule is COc1cc2c(cc1O)-c1cc3ccc(OC)c(OC)c3c[n+]1CC2.[OH-]. The van der Waals surface area contributed by atoms with Crippen molar-refractivity contribution in [1.29, 1.82) is 0 Å². The van der Waals surface area contributed by atoms with Crippen molar-refractivity contribution >= 4 is 10.8 Å². The van der Waals surface area contributed by atoms with Crippen LogP contribution >= 0.6 is 0 Å². The number of benzene rings is 2. The molecule has 2 heterocycles. The topological polar surface area (TPSA) is 81.8 Å². The first-order valence-electron chi connectivity index (χ1n) is 8.14. The Balaban J connectivity index is 0.00000196. The molecular weight excluding hydrogens is 334 g/mol. The maximum absolute atomic E-state index is 10.2. The Hall–Kier alpha value is -2.99. The van der Waals surface area contributed by atoms with Gasteiger partial charge in [0.25, 0.3) is 0 Å². The summed E-state index contributed by atoms with van der Waals surface area (Å²) in [6.45, 7) is 0.854. The first kappa shape index (κ1) is 17.8. The van der Waals surface area contributed by atoms with Gasteiger partial charge in [-0.3, -0.25) is 0 Å². The molecule has 136 valence electrons. The van der Waals surface area contributed by atoms with E-state index >= 15 is 0 Å². The maximum atomic E-state index is 10.2. The minimum Gasteiger partial charge on any atom is -0.870 e. The van der Waals surface area contributed by atoms with Gasteiger partial charge >= 0.3 is 0 Å². The van der Waals surface area contributed by atoms with Gasteiger partial charge in [0, 0.05) is 12.5 Å². The van der Waals surface area contributed by atoms with Crippen LogP contribution in [-0.4, -0.2) is 31.9 Å². The molecule has 6 nitrogen and oxygen atoms in total. The lowest BCUT2D eigenvalue weighted by Gasteiger charge is -2.18. The van der Waals surface area contributed by atoms with Gasteiger partial charge in [0.05, 0.1) is 32.3 Å². The van der Waals surface area contributed by atoms with E-state index in [9.17, 15) is 5.11 Å². The second kappa shape index (κ2) is 6.72. The highest BCUT2D eigenvalue weighted by molar-refractivity contribution is 5.91.